The summed E-state index contributed by atoms with van der Waals surface area (Å²) in [5.41, 5.74) is 2.27. The number of carbonyl (C=O) groups is 2. The molecule has 0 aliphatic carbocycles. The molecule has 0 aliphatic heterocycles. The Morgan fingerprint density at radius 2 is 1.73 bits per heavy atom. The molecule has 4 rings (SSSR count). The molecule has 190 valence electrons. The average molecular weight is 501 g/mol. The molecule has 0 bridgehead atoms. The third-order valence-electron chi connectivity index (χ3n) is 5.04. The fourth-order valence-corrected chi connectivity index (χ4v) is 3.24. The second kappa shape index (κ2) is 13.8. The van der Waals surface area contributed by atoms with Crippen LogP contribution in [0.2, 0.25) is 0 Å². The van der Waals surface area contributed by atoms with Crippen molar-refractivity contribution in [1.82, 2.24) is 14.9 Å². The number of rotatable bonds is 8. The third kappa shape index (κ3) is 8.07. The normalized spacial score (nSPS) is 10.3. The Labute approximate surface area is 215 Å². The van der Waals surface area contributed by atoms with Crippen molar-refractivity contribution in [2.75, 3.05) is 19.0 Å². The highest BCUT2D eigenvalue weighted by molar-refractivity contribution is 5.99. The van der Waals surface area contributed by atoms with E-state index in [-0.39, 0.29) is 5.91 Å². The second-order valence-electron chi connectivity index (χ2n) is 7.63. The van der Waals surface area contributed by atoms with Gasteiger partial charge in [0.05, 0.1) is 13.4 Å². The molecule has 0 unspecified atom stereocenters. The van der Waals surface area contributed by atoms with Crippen molar-refractivity contribution in [3.05, 3.63) is 109 Å². The molecular weight excluding hydrogens is 472 g/mol. The number of nitrogens with zero attached hydrogens (tertiary/aromatic N) is 3. The first-order valence-corrected chi connectivity index (χ1v) is 11.5. The van der Waals surface area contributed by atoms with Gasteiger partial charge >= 0.3 is 6.16 Å². The Morgan fingerprint density at radius 1 is 1.05 bits per heavy atom. The van der Waals surface area contributed by atoms with E-state index in [1.165, 1.54) is 0 Å². The first kappa shape index (κ1) is 26.7. The Hall–Kier alpha value is -4.92. The summed E-state index contributed by atoms with van der Waals surface area (Å²) in [5.74, 6) is 1.22. The fourth-order valence-electron chi connectivity index (χ4n) is 3.24. The molecule has 2 aromatic heterocycles. The number of hydrogen-bond donors (Lipinski definition) is 2. The summed E-state index contributed by atoms with van der Waals surface area (Å²) in [6.07, 6.45) is 5.78. The van der Waals surface area contributed by atoms with Gasteiger partial charge in [0, 0.05) is 25.0 Å². The third-order valence-corrected chi connectivity index (χ3v) is 5.04. The molecule has 0 radical (unpaired) electrons. The number of aromatic nitrogens is 2. The molecule has 0 saturated heterocycles. The van der Waals surface area contributed by atoms with Gasteiger partial charge in [0.2, 0.25) is 0 Å². The number of carbonyl (C=O) groups excluding carboxylic acids is 1. The van der Waals surface area contributed by atoms with Gasteiger partial charge in [-0.3, -0.25) is 4.79 Å². The van der Waals surface area contributed by atoms with E-state index in [9.17, 15) is 4.79 Å². The Morgan fingerprint density at radius 3 is 2.32 bits per heavy atom. The number of hydrogen-bond acceptors (Lipinski definition) is 7. The van der Waals surface area contributed by atoms with Gasteiger partial charge in [0.1, 0.15) is 11.4 Å². The van der Waals surface area contributed by atoms with Gasteiger partial charge in [-0.2, -0.15) is 0 Å². The summed E-state index contributed by atoms with van der Waals surface area (Å²) in [4.78, 5) is 33.6. The highest BCUT2D eigenvalue weighted by Gasteiger charge is 2.22. The van der Waals surface area contributed by atoms with E-state index in [1.807, 2.05) is 79.7 Å². The maximum atomic E-state index is 13.6. The van der Waals surface area contributed by atoms with Gasteiger partial charge in [0.15, 0.2) is 11.6 Å². The zero-order chi connectivity index (χ0) is 26.5. The first-order chi connectivity index (χ1) is 18.0. The minimum Gasteiger partial charge on any atom is -0.461 e. The molecule has 37 heavy (non-hydrogen) atoms. The van der Waals surface area contributed by atoms with Gasteiger partial charge < -0.3 is 24.5 Å². The molecule has 0 atom stereocenters. The van der Waals surface area contributed by atoms with Crippen LogP contribution in [-0.4, -0.2) is 45.7 Å². The molecule has 1 amide bonds. The van der Waals surface area contributed by atoms with Gasteiger partial charge in [-0.15, -0.1) is 0 Å². The Balaban J connectivity index is 0.000000695. The van der Waals surface area contributed by atoms with Crippen molar-refractivity contribution in [2.45, 2.75) is 13.5 Å². The van der Waals surface area contributed by atoms with Crippen molar-refractivity contribution >= 4 is 23.6 Å². The molecular formula is C28H28N4O5. The predicted molar refractivity (Wildman–Crippen MR) is 140 cm³/mol. The second-order valence-corrected chi connectivity index (χ2v) is 7.63. The van der Waals surface area contributed by atoms with Crippen molar-refractivity contribution in [1.29, 1.82) is 0 Å². The van der Waals surface area contributed by atoms with Crippen molar-refractivity contribution in [2.24, 2.45) is 0 Å². The van der Waals surface area contributed by atoms with E-state index in [2.05, 4.69) is 20.0 Å². The lowest BCUT2D eigenvalue weighted by molar-refractivity contribution is 0.0762. The van der Waals surface area contributed by atoms with Crippen molar-refractivity contribution in [3.8, 4) is 11.6 Å². The number of carboxylic acid groups (broad SMARTS) is 1. The molecule has 0 saturated carbocycles. The Kier molecular flexibility index (Phi) is 9.98. The predicted octanol–water partition coefficient (Wildman–Crippen LogP) is 6.01. The number of para-hydroxylation sites is 1. The molecule has 0 aliphatic rings. The van der Waals surface area contributed by atoms with Gasteiger partial charge in [-0.25, -0.2) is 14.8 Å². The van der Waals surface area contributed by atoms with E-state index in [1.54, 1.807) is 29.5 Å². The summed E-state index contributed by atoms with van der Waals surface area (Å²) in [6, 6.07) is 23.1. The van der Waals surface area contributed by atoms with Crippen molar-refractivity contribution in [3.63, 3.8) is 0 Å². The van der Waals surface area contributed by atoms with Gasteiger partial charge in [0.25, 0.3) is 5.91 Å². The van der Waals surface area contributed by atoms with Crippen LogP contribution in [0.4, 0.5) is 16.3 Å². The molecule has 9 nitrogen and oxygen atoms in total. The lowest BCUT2D eigenvalue weighted by Gasteiger charge is -2.23. The van der Waals surface area contributed by atoms with Crippen LogP contribution in [0.15, 0.2) is 102 Å². The highest BCUT2D eigenvalue weighted by Crippen LogP contribution is 2.24. The number of amides is 1. The lowest BCUT2D eigenvalue weighted by Crippen LogP contribution is -2.31. The maximum Gasteiger partial charge on any atom is 0.505 e. The molecule has 2 aromatic carbocycles. The molecule has 9 heteroatoms. The van der Waals surface area contributed by atoms with Crippen LogP contribution in [0.3, 0.4) is 0 Å². The van der Waals surface area contributed by atoms with Crippen LogP contribution in [0.1, 0.15) is 22.8 Å². The Bertz CT molecular complexity index is 1290. The molecule has 0 fully saturated rings. The minimum absolute atomic E-state index is 0.156. The number of benzene rings is 2. The first-order valence-electron chi connectivity index (χ1n) is 11.5. The SMILES string of the molecule is C/C=C/CN(Cc1ccccc1)C(=O)c1cnc(-c2ccco2)nc1Nc1ccccc1.COC(=O)O. The smallest absolute Gasteiger partial charge is 0.461 e. The minimum atomic E-state index is -1.25. The molecule has 2 heterocycles. The topological polar surface area (TPSA) is 118 Å². The number of furan rings is 1. The zero-order valence-electron chi connectivity index (χ0n) is 20.6. The van der Waals surface area contributed by atoms with E-state index >= 15 is 0 Å². The average Bonchev–Trinajstić information content (AvgIpc) is 3.47. The number of ether oxygens (including phenoxy) is 1. The summed E-state index contributed by atoms with van der Waals surface area (Å²) >= 11 is 0. The largest absolute Gasteiger partial charge is 0.505 e. The van der Waals surface area contributed by atoms with Crippen LogP contribution in [0, 0.1) is 0 Å². The summed E-state index contributed by atoms with van der Waals surface area (Å²) in [6.45, 7) is 2.90. The monoisotopic (exact) mass is 500 g/mol. The lowest BCUT2D eigenvalue weighted by atomic mass is 10.1. The van der Waals surface area contributed by atoms with Crippen LogP contribution in [0.25, 0.3) is 11.6 Å². The van der Waals surface area contributed by atoms with E-state index in [0.717, 1.165) is 18.4 Å². The number of methoxy groups -OCH3 is 1. The standard InChI is InChI=1S/C26H24N4O2.C2H4O3/c1-2-3-16-30(19-20-11-6-4-7-12-20)26(31)22-18-27-25(23-15-10-17-32-23)29-24(22)28-21-13-8-5-9-14-21;1-5-2(3)4/h2-15,17-18H,16,19H2,1H3,(H,27,28,29);1H3,(H,3,4)/b3-2+;. The van der Waals surface area contributed by atoms with Crippen LogP contribution in [0.5, 0.6) is 0 Å². The molecule has 0 spiro atoms. The van der Waals surface area contributed by atoms with Crippen LogP contribution >= 0.6 is 0 Å². The van der Waals surface area contributed by atoms with E-state index in [0.29, 0.717) is 36.1 Å². The van der Waals surface area contributed by atoms with Gasteiger partial charge in [-0.05, 0) is 36.8 Å². The number of anilines is 2. The number of nitrogens with one attached hydrogen (secondary N) is 1. The maximum absolute atomic E-state index is 13.6. The van der Waals surface area contributed by atoms with Gasteiger partial charge in [-0.1, -0.05) is 60.7 Å². The summed E-state index contributed by atoms with van der Waals surface area (Å²) < 4.78 is 9.11. The summed E-state index contributed by atoms with van der Waals surface area (Å²) in [7, 11) is 1.10. The molecule has 2 N–H and O–H groups in total. The highest BCUT2D eigenvalue weighted by atomic mass is 16.6. The summed E-state index contributed by atoms with van der Waals surface area (Å²) in [5, 5.41) is 10.8. The van der Waals surface area contributed by atoms with E-state index in [4.69, 9.17) is 14.3 Å². The van der Waals surface area contributed by atoms with E-state index < -0.39 is 6.16 Å². The van der Waals surface area contributed by atoms with Crippen LogP contribution < -0.4 is 5.32 Å². The quantitative estimate of drug-likeness (QED) is 0.223. The fraction of sp³-hybridized carbons (Fsp3) is 0.143. The van der Waals surface area contributed by atoms with Crippen molar-refractivity contribution < 1.29 is 23.8 Å². The molecule has 4 aromatic rings. The number of allylic oxidation sites excluding steroid dienone is 1. The zero-order valence-corrected chi connectivity index (χ0v) is 20.6. The van der Waals surface area contributed by atoms with Crippen LogP contribution in [-0.2, 0) is 11.3 Å².